The fourth-order valence-electron chi connectivity index (χ4n) is 1.30. The van der Waals surface area contributed by atoms with Gasteiger partial charge in [-0.3, -0.25) is 10.1 Å². The predicted octanol–water partition coefficient (Wildman–Crippen LogP) is 2.47. The van der Waals surface area contributed by atoms with Crippen LogP contribution in [0.1, 0.15) is 0 Å². The van der Waals surface area contributed by atoms with Crippen LogP contribution >= 0.6 is 15.9 Å². The summed E-state index contributed by atoms with van der Waals surface area (Å²) in [5.41, 5.74) is 5.84. The standard InChI is InChI=1S/C10H8BrN5O2/c11-6-3-1-2-4-7(6)14-9-8(16(17)18)5-13-10(12)15-9/h1-5H,(H3,12,13,14,15). The molecule has 8 heteroatoms. The Morgan fingerprint density at radius 3 is 2.78 bits per heavy atom. The highest BCUT2D eigenvalue weighted by molar-refractivity contribution is 9.10. The lowest BCUT2D eigenvalue weighted by Gasteiger charge is -2.07. The molecule has 0 unspecified atom stereocenters. The Kier molecular flexibility index (Phi) is 3.38. The maximum absolute atomic E-state index is 10.8. The molecule has 0 amide bonds. The van der Waals surface area contributed by atoms with Crippen LogP contribution in [0.4, 0.5) is 23.1 Å². The second-order valence-corrected chi connectivity index (χ2v) is 4.18. The summed E-state index contributed by atoms with van der Waals surface area (Å²) < 4.78 is 0.761. The molecule has 0 atom stereocenters. The molecule has 2 aromatic rings. The van der Waals surface area contributed by atoms with Gasteiger partial charge in [0.25, 0.3) is 0 Å². The number of rotatable bonds is 3. The van der Waals surface area contributed by atoms with Crippen molar-refractivity contribution in [2.45, 2.75) is 0 Å². The number of anilines is 3. The minimum Gasteiger partial charge on any atom is -0.368 e. The SMILES string of the molecule is Nc1ncc([N+](=O)[O-])c(Nc2ccccc2Br)n1. The van der Waals surface area contributed by atoms with Crippen molar-refractivity contribution < 1.29 is 4.92 Å². The lowest BCUT2D eigenvalue weighted by Crippen LogP contribution is -2.04. The van der Waals surface area contributed by atoms with E-state index >= 15 is 0 Å². The zero-order valence-electron chi connectivity index (χ0n) is 9.00. The molecule has 0 saturated carbocycles. The van der Waals surface area contributed by atoms with Crippen LogP contribution in [0.5, 0.6) is 0 Å². The highest BCUT2D eigenvalue weighted by atomic mass is 79.9. The Balaban J connectivity index is 2.42. The van der Waals surface area contributed by atoms with Crippen molar-refractivity contribution in [3.63, 3.8) is 0 Å². The number of hydrogen-bond donors (Lipinski definition) is 2. The minimum absolute atomic E-state index is 0.0323. The van der Waals surface area contributed by atoms with Crippen LogP contribution in [0.2, 0.25) is 0 Å². The zero-order chi connectivity index (χ0) is 13.1. The summed E-state index contributed by atoms with van der Waals surface area (Å²) in [6, 6.07) is 7.19. The number of benzene rings is 1. The Hall–Kier alpha value is -2.22. The average Bonchev–Trinajstić information content (AvgIpc) is 2.32. The van der Waals surface area contributed by atoms with Crippen LogP contribution in [-0.2, 0) is 0 Å². The van der Waals surface area contributed by atoms with E-state index in [1.54, 1.807) is 18.2 Å². The van der Waals surface area contributed by atoms with E-state index in [9.17, 15) is 10.1 Å². The summed E-state index contributed by atoms with van der Waals surface area (Å²) in [5.74, 6) is 0.0227. The molecule has 92 valence electrons. The molecule has 0 bridgehead atoms. The molecule has 2 rings (SSSR count). The molecule has 7 nitrogen and oxygen atoms in total. The molecular weight excluding hydrogens is 302 g/mol. The van der Waals surface area contributed by atoms with Crippen LogP contribution in [0, 0.1) is 10.1 Å². The van der Waals surface area contributed by atoms with Crippen LogP contribution in [-0.4, -0.2) is 14.9 Å². The van der Waals surface area contributed by atoms with Gasteiger partial charge in [0.15, 0.2) is 0 Å². The first-order chi connectivity index (χ1) is 8.58. The lowest BCUT2D eigenvalue weighted by atomic mass is 10.3. The smallest absolute Gasteiger partial charge is 0.329 e. The highest BCUT2D eigenvalue weighted by Gasteiger charge is 2.17. The second-order valence-electron chi connectivity index (χ2n) is 3.32. The number of nitrogens with one attached hydrogen (secondary N) is 1. The van der Waals surface area contributed by atoms with Gasteiger partial charge in [0, 0.05) is 4.47 Å². The van der Waals surface area contributed by atoms with Gasteiger partial charge in [-0.15, -0.1) is 0 Å². The summed E-state index contributed by atoms with van der Waals surface area (Å²) in [6.45, 7) is 0. The van der Waals surface area contributed by atoms with Crippen LogP contribution in [0.3, 0.4) is 0 Å². The van der Waals surface area contributed by atoms with Crippen molar-refractivity contribution in [3.05, 3.63) is 45.0 Å². The summed E-state index contributed by atoms with van der Waals surface area (Å²) in [6.07, 6.45) is 1.07. The van der Waals surface area contributed by atoms with E-state index in [1.165, 1.54) is 0 Å². The normalized spacial score (nSPS) is 10.1. The summed E-state index contributed by atoms with van der Waals surface area (Å²) in [5, 5.41) is 13.7. The summed E-state index contributed by atoms with van der Waals surface area (Å²) >= 11 is 3.33. The Morgan fingerprint density at radius 2 is 2.11 bits per heavy atom. The van der Waals surface area contributed by atoms with Gasteiger partial charge in [-0.25, -0.2) is 4.98 Å². The van der Waals surface area contributed by atoms with Gasteiger partial charge in [0.05, 0.1) is 10.6 Å². The third kappa shape index (κ3) is 2.54. The average molecular weight is 310 g/mol. The molecule has 0 saturated heterocycles. The largest absolute Gasteiger partial charge is 0.368 e. The summed E-state index contributed by atoms with van der Waals surface area (Å²) in [4.78, 5) is 17.7. The van der Waals surface area contributed by atoms with Gasteiger partial charge in [0.1, 0.15) is 6.20 Å². The minimum atomic E-state index is -0.571. The number of nitro groups is 1. The lowest BCUT2D eigenvalue weighted by molar-refractivity contribution is -0.384. The highest BCUT2D eigenvalue weighted by Crippen LogP contribution is 2.29. The first kappa shape index (κ1) is 12.2. The molecule has 0 aliphatic carbocycles. The summed E-state index contributed by atoms with van der Waals surface area (Å²) in [7, 11) is 0. The van der Waals surface area contributed by atoms with Crippen molar-refractivity contribution in [1.82, 2.24) is 9.97 Å². The van der Waals surface area contributed by atoms with E-state index in [1.807, 2.05) is 6.07 Å². The van der Waals surface area contributed by atoms with Crippen molar-refractivity contribution in [2.24, 2.45) is 0 Å². The molecule has 0 aliphatic rings. The number of hydrogen-bond acceptors (Lipinski definition) is 6. The van der Waals surface area contributed by atoms with E-state index in [2.05, 4.69) is 31.2 Å². The maximum Gasteiger partial charge on any atom is 0.329 e. The van der Waals surface area contributed by atoms with Crippen LogP contribution < -0.4 is 11.1 Å². The quantitative estimate of drug-likeness (QED) is 0.666. The van der Waals surface area contributed by atoms with E-state index in [4.69, 9.17) is 5.73 Å². The van der Waals surface area contributed by atoms with Crippen molar-refractivity contribution in [1.29, 1.82) is 0 Å². The molecule has 1 aromatic heterocycles. The second kappa shape index (κ2) is 4.96. The number of para-hydroxylation sites is 1. The Bertz CT molecular complexity index is 605. The first-order valence-electron chi connectivity index (χ1n) is 4.86. The third-order valence-corrected chi connectivity index (χ3v) is 2.80. The molecule has 1 aromatic carbocycles. The van der Waals surface area contributed by atoms with E-state index < -0.39 is 4.92 Å². The maximum atomic E-state index is 10.8. The molecule has 1 heterocycles. The van der Waals surface area contributed by atoms with Gasteiger partial charge in [-0.1, -0.05) is 12.1 Å². The Morgan fingerprint density at radius 1 is 1.39 bits per heavy atom. The number of nitrogens with zero attached hydrogens (tertiary/aromatic N) is 3. The molecular formula is C10H8BrN5O2. The van der Waals surface area contributed by atoms with Gasteiger partial charge in [-0.2, -0.15) is 4.98 Å². The fourth-order valence-corrected chi connectivity index (χ4v) is 1.69. The molecule has 0 fully saturated rings. The number of nitrogen functional groups attached to an aromatic ring is 1. The van der Waals surface area contributed by atoms with E-state index in [0.29, 0.717) is 5.69 Å². The molecule has 3 N–H and O–H groups in total. The van der Waals surface area contributed by atoms with Crippen LogP contribution in [0.15, 0.2) is 34.9 Å². The fraction of sp³-hybridized carbons (Fsp3) is 0. The van der Waals surface area contributed by atoms with Gasteiger partial charge in [0.2, 0.25) is 11.8 Å². The molecule has 0 spiro atoms. The number of aromatic nitrogens is 2. The predicted molar refractivity (Wildman–Crippen MR) is 70.5 cm³/mol. The monoisotopic (exact) mass is 309 g/mol. The van der Waals surface area contributed by atoms with E-state index in [0.717, 1.165) is 10.7 Å². The Labute approximate surface area is 110 Å². The van der Waals surface area contributed by atoms with Gasteiger partial charge < -0.3 is 11.1 Å². The first-order valence-corrected chi connectivity index (χ1v) is 5.65. The third-order valence-electron chi connectivity index (χ3n) is 2.11. The zero-order valence-corrected chi connectivity index (χ0v) is 10.6. The number of halogens is 1. The van der Waals surface area contributed by atoms with Gasteiger partial charge >= 0.3 is 5.69 Å². The molecule has 0 aliphatic heterocycles. The number of nitrogens with two attached hydrogens (primary N) is 1. The van der Waals surface area contributed by atoms with Crippen molar-refractivity contribution in [3.8, 4) is 0 Å². The van der Waals surface area contributed by atoms with Crippen molar-refractivity contribution >= 4 is 39.1 Å². The molecule has 0 radical (unpaired) electrons. The van der Waals surface area contributed by atoms with E-state index in [-0.39, 0.29) is 17.5 Å². The van der Waals surface area contributed by atoms with Crippen LogP contribution in [0.25, 0.3) is 0 Å². The van der Waals surface area contributed by atoms with Crippen molar-refractivity contribution in [2.75, 3.05) is 11.1 Å². The molecule has 18 heavy (non-hydrogen) atoms. The van der Waals surface area contributed by atoms with Gasteiger partial charge in [-0.05, 0) is 28.1 Å². The topological polar surface area (TPSA) is 107 Å².